The minimum absolute atomic E-state index is 0.240. The van der Waals surface area contributed by atoms with E-state index in [1.807, 2.05) is 0 Å². The smallest absolute Gasteiger partial charge is 0.216 e. The SMILES string of the molecule is Oc1c2c(c(O)c3c1C1C=CC3C1)O2. The molecule has 2 N–H and O–H groups in total. The van der Waals surface area contributed by atoms with E-state index in [1.165, 1.54) is 0 Å². The van der Waals surface area contributed by atoms with E-state index in [0.29, 0.717) is 11.5 Å². The van der Waals surface area contributed by atoms with Crippen LogP contribution in [0.5, 0.6) is 23.0 Å². The lowest BCUT2D eigenvalue weighted by Gasteiger charge is -2.10. The molecule has 2 bridgehead atoms. The normalized spacial score (nSPS) is 28.6. The minimum atomic E-state index is 0.240. The van der Waals surface area contributed by atoms with Gasteiger partial charge in [0, 0.05) is 23.0 Å². The topological polar surface area (TPSA) is 53.0 Å². The number of rotatable bonds is 0. The van der Waals surface area contributed by atoms with Gasteiger partial charge in [0.05, 0.1) is 0 Å². The molecule has 1 aromatic carbocycles. The van der Waals surface area contributed by atoms with Crippen molar-refractivity contribution in [2.24, 2.45) is 0 Å². The van der Waals surface area contributed by atoms with Gasteiger partial charge in [0.25, 0.3) is 0 Å². The summed E-state index contributed by atoms with van der Waals surface area (Å²) >= 11 is 0. The Balaban J connectivity index is 2.13. The highest BCUT2D eigenvalue weighted by molar-refractivity contribution is 5.78. The molecule has 0 saturated carbocycles. The number of fused-ring (bicyclic) bond motifs is 6. The Morgan fingerprint density at radius 1 is 1.00 bits per heavy atom. The Morgan fingerprint density at radius 2 is 1.50 bits per heavy atom. The molecule has 3 heteroatoms. The van der Waals surface area contributed by atoms with Gasteiger partial charge in [-0.25, -0.2) is 0 Å². The highest BCUT2D eigenvalue weighted by atomic mass is 16.6. The first kappa shape index (κ1) is 6.76. The van der Waals surface area contributed by atoms with Crippen molar-refractivity contribution in [2.75, 3.05) is 0 Å². The van der Waals surface area contributed by atoms with Gasteiger partial charge in [-0.2, -0.15) is 0 Å². The summed E-state index contributed by atoms with van der Waals surface area (Å²) < 4.78 is 5.05. The molecule has 0 fully saturated rings. The van der Waals surface area contributed by atoms with Crippen LogP contribution in [0.4, 0.5) is 0 Å². The highest BCUT2D eigenvalue weighted by Crippen LogP contribution is 2.67. The fourth-order valence-corrected chi connectivity index (χ4v) is 2.77. The van der Waals surface area contributed by atoms with Crippen LogP contribution in [0.1, 0.15) is 29.4 Å². The van der Waals surface area contributed by atoms with E-state index in [-0.39, 0.29) is 23.3 Å². The number of benzene rings is 1. The summed E-state index contributed by atoms with van der Waals surface area (Å²) in [5.41, 5.74) is 1.76. The van der Waals surface area contributed by atoms with Crippen LogP contribution >= 0.6 is 0 Å². The molecule has 1 aliphatic heterocycles. The van der Waals surface area contributed by atoms with Crippen LogP contribution in [-0.4, -0.2) is 10.2 Å². The minimum Gasteiger partial charge on any atom is -0.504 e. The Labute approximate surface area is 80.3 Å². The van der Waals surface area contributed by atoms with Crippen LogP contribution < -0.4 is 4.74 Å². The molecule has 2 atom stereocenters. The quantitative estimate of drug-likeness (QED) is 0.379. The molecular weight excluding hydrogens is 180 g/mol. The van der Waals surface area contributed by atoms with E-state index in [4.69, 9.17) is 4.74 Å². The van der Waals surface area contributed by atoms with Crippen LogP contribution in [0.15, 0.2) is 12.2 Å². The fourth-order valence-electron chi connectivity index (χ4n) is 2.77. The third kappa shape index (κ3) is 0.531. The van der Waals surface area contributed by atoms with E-state index in [9.17, 15) is 10.2 Å². The summed E-state index contributed by atoms with van der Waals surface area (Å²) in [5, 5.41) is 19.7. The molecule has 2 unspecified atom stereocenters. The van der Waals surface area contributed by atoms with Gasteiger partial charge in [0.1, 0.15) is 0 Å². The predicted octanol–water partition coefficient (Wildman–Crippen LogP) is 2.34. The molecular formula is C11H8O3. The lowest BCUT2D eigenvalue weighted by molar-refractivity contribution is 0.454. The van der Waals surface area contributed by atoms with Crippen molar-refractivity contribution in [1.82, 2.24) is 0 Å². The molecule has 2 aliphatic carbocycles. The molecule has 0 spiro atoms. The second-order valence-electron chi connectivity index (χ2n) is 4.12. The van der Waals surface area contributed by atoms with Crippen molar-refractivity contribution in [1.29, 1.82) is 0 Å². The molecule has 0 aromatic heterocycles. The van der Waals surface area contributed by atoms with Crippen LogP contribution in [-0.2, 0) is 0 Å². The Morgan fingerprint density at radius 3 is 2.00 bits per heavy atom. The largest absolute Gasteiger partial charge is 0.504 e. The van der Waals surface area contributed by atoms with Crippen molar-refractivity contribution in [2.45, 2.75) is 18.3 Å². The van der Waals surface area contributed by atoms with Crippen molar-refractivity contribution in [3.8, 4) is 23.0 Å². The summed E-state index contributed by atoms with van der Waals surface area (Å²) in [6.45, 7) is 0. The lowest BCUT2D eigenvalue weighted by atomic mass is 9.95. The van der Waals surface area contributed by atoms with Crippen LogP contribution in [0, 0.1) is 0 Å². The fraction of sp³-hybridized carbons (Fsp3) is 0.273. The lowest BCUT2D eigenvalue weighted by Crippen LogP contribution is -1.91. The first-order valence-corrected chi connectivity index (χ1v) is 4.75. The van der Waals surface area contributed by atoms with Crippen molar-refractivity contribution < 1.29 is 14.9 Å². The third-order valence-electron chi connectivity index (χ3n) is 3.42. The summed E-state index contributed by atoms with van der Waals surface area (Å²) in [4.78, 5) is 0. The Hall–Kier alpha value is -1.64. The maximum absolute atomic E-state index is 9.85. The summed E-state index contributed by atoms with van der Waals surface area (Å²) in [5.74, 6) is 1.98. The van der Waals surface area contributed by atoms with Crippen LogP contribution in [0.2, 0.25) is 0 Å². The monoisotopic (exact) mass is 188 g/mol. The van der Waals surface area contributed by atoms with Gasteiger partial charge in [-0.05, 0) is 6.42 Å². The number of allylic oxidation sites excluding steroid dienone is 2. The maximum Gasteiger partial charge on any atom is 0.216 e. The molecule has 1 aromatic rings. The Bertz CT molecular complexity index is 459. The molecule has 0 amide bonds. The number of ether oxygens (including phenoxy) is 1. The van der Waals surface area contributed by atoms with Gasteiger partial charge < -0.3 is 14.9 Å². The second-order valence-corrected chi connectivity index (χ2v) is 4.12. The predicted molar refractivity (Wildman–Crippen MR) is 49.1 cm³/mol. The van der Waals surface area contributed by atoms with E-state index in [1.54, 1.807) is 0 Å². The number of hydrogen-bond donors (Lipinski definition) is 2. The third-order valence-corrected chi connectivity index (χ3v) is 3.42. The van der Waals surface area contributed by atoms with Gasteiger partial charge in [0.15, 0.2) is 11.5 Å². The van der Waals surface area contributed by atoms with E-state index in [2.05, 4.69) is 12.2 Å². The Kier molecular flexibility index (Phi) is 0.847. The molecule has 1 heterocycles. The molecule has 3 nitrogen and oxygen atoms in total. The first-order chi connectivity index (χ1) is 6.77. The van der Waals surface area contributed by atoms with E-state index >= 15 is 0 Å². The van der Waals surface area contributed by atoms with Gasteiger partial charge in [0.2, 0.25) is 11.5 Å². The van der Waals surface area contributed by atoms with Gasteiger partial charge in [-0.1, -0.05) is 12.2 Å². The van der Waals surface area contributed by atoms with Crippen LogP contribution in [0.3, 0.4) is 0 Å². The van der Waals surface area contributed by atoms with Crippen molar-refractivity contribution >= 4 is 0 Å². The van der Waals surface area contributed by atoms with Crippen molar-refractivity contribution in [3.05, 3.63) is 23.3 Å². The van der Waals surface area contributed by atoms with Gasteiger partial charge >= 0.3 is 0 Å². The average Bonchev–Trinajstić information content (AvgIpc) is 2.74. The molecule has 14 heavy (non-hydrogen) atoms. The zero-order valence-electron chi connectivity index (χ0n) is 7.32. The first-order valence-electron chi connectivity index (χ1n) is 4.75. The molecule has 0 saturated heterocycles. The summed E-state index contributed by atoms with van der Waals surface area (Å²) in [6, 6.07) is 0. The van der Waals surface area contributed by atoms with Crippen LogP contribution in [0.25, 0.3) is 0 Å². The second kappa shape index (κ2) is 1.75. The van der Waals surface area contributed by atoms with E-state index < -0.39 is 0 Å². The average molecular weight is 188 g/mol. The maximum atomic E-state index is 9.85. The van der Waals surface area contributed by atoms with E-state index in [0.717, 1.165) is 17.5 Å². The molecule has 3 aliphatic rings. The molecule has 70 valence electrons. The summed E-state index contributed by atoms with van der Waals surface area (Å²) in [6.07, 6.45) is 5.18. The molecule has 0 radical (unpaired) electrons. The van der Waals surface area contributed by atoms with Gasteiger partial charge in [-0.15, -0.1) is 0 Å². The number of aromatic hydroxyl groups is 2. The summed E-state index contributed by atoms with van der Waals surface area (Å²) in [7, 11) is 0. The van der Waals surface area contributed by atoms with Crippen molar-refractivity contribution in [3.63, 3.8) is 0 Å². The number of hydrogen-bond acceptors (Lipinski definition) is 3. The van der Waals surface area contributed by atoms with Gasteiger partial charge in [-0.3, -0.25) is 0 Å². The molecule has 4 rings (SSSR count). The number of phenolic OH excluding ortho intramolecular Hbond substituents is 2. The highest BCUT2D eigenvalue weighted by Gasteiger charge is 2.45. The number of phenols is 2. The zero-order chi connectivity index (χ0) is 9.45. The zero-order valence-corrected chi connectivity index (χ0v) is 7.32. The standard InChI is InChI=1S/C11H8O3/c12-8-6-4-1-2-5(3-4)7(6)9(13)11-10(8)14-11/h1-2,4-5,12-13H,3H2.